The van der Waals surface area contributed by atoms with Crippen LogP contribution in [0.2, 0.25) is 0 Å². The number of carbonyl (C=O) groups is 2. The molecule has 6 nitrogen and oxygen atoms in total. The minimum absolute atomic E-state index is 0.179. The van der Waals surface area contributed by atoms with Crippen molar-refractivity contribution < 1.29 is 14.3 Å². The molecule has 0 unspecified atom stereocenters. The topological polar surface area (TPSA) is 79.5 Å². The number of hydrogen-bond acceptors (Lipinski definition) is 4. The Morgan fingerprint density at radius 3 is 2.03 bits per heavy atom. The summed E-state index contributed by atoms with van der Waals surface area (Å²) in [5, 5.41) is 8.77. The second-order valence-corrected chi connectivity index (χ2v) is 8.76. The minimum atomic E-state index is -0.624. The van der Waals surface area contributed by atoms with Crippen LogP contribution in [0.25, 0.3) is 0 Å². The van der Waals surface area contributed by atoms with Gasteiger partial charge in [-0.05, 0) is 45.2 Å². The second-order valence-electron chi connectivity index (χ2n) is 8.32. The molecule has 0 saturated heterocycles. The van der Waals surface area contributed by atoms with E-state index < -0.39 is 23.8 Å². The maximum Gasteiger partial charge on any atom is 0.408 e. The molecule has 0 aliphatic heterocycles. The number of thiocarbonyl (C=S) groups is 1. The van der Waals surface area contributed by atoms with Crippen LogP contribution < -0.4 is 16.0 Å². The second kappa shape index (κ2) is 11.5. The number of benzene rings is 2. The van der Waals surface area contributed by atoms with Gasteiger partial charge in [0, 0.05) is 6.54 Å². The van der Waals surface area contributed by atoms with Gasteiger partial charge in [0.15, 0.2) is 0 Å². The molecule has 2 atom stereocenters. The first-order valence-corrected chi connectivity index (χ1v) is 10.7. The van der Waals surface area contributed by atoms with Gasteiger partial charge in [-0.3, -0.25) is 4.79 Å². The van der Waals surface area contributed by atoms with Gasteiger partial charge in [0.1, 0.15) is 11.6 Å². The van der Waals surface area contributed by atoms with Crippen molar-refractivity contribution >= 4 is 29.2 Å². The van der Waals surface area contributed by atoms with Crippen LogP contribution in [0.3, 0.4) is 0 Å². The van der Waals surface area contributed by atoms with E-state index in [1.165, 1.54) is 0 Å². The minimum Gasteiger partial charge on any atom is -0.444 e. The molecule has 2 amide bonds. The Morgan fingerprint density at radius 2 is 1.48 bits per heavy atom. The lowest BCUT2D eigenvalue weighted by Gasteiger charge is -2.26. The molecule has 0 spiro atoms. The van der Waals surface area contributed by atoms with E-state index in [9.17, 15) is 9.59 Å². The fourth-order valence-corrected chi connectivity index (χ4v) is 3.15. The normalized spacial score (nSPS) is 12.9. The smallest absolute Gasteiger partial charge is 0.408 e. The Hall–Kier alpha value is -2.93. The Morgan fingerprint density at radius 1 is 0.935 bits per heavy atom. The summed E-state index contributed by atoms with van der Waals surface area (Å²) in [7, 11) is 0. The fourth-order valence-electron chi connectivity index (χ4n) is 2.83. The molecule has 0 heterocycles. The first kappa shape index (κ1) is 24.3. The van der Waals surface area contributed by atoms with E-state index in [2.05, 4.69) is 16.0 Å². The predicted octanol–water partition coefficient (Wildman–Crippen LogP) is 3.74. The zero-order chi connectivity index (χ0) is 22.9. The molecule has 2 rings (SSSR count). The van der Waals surface area contributed by atoms with Gasteiger partial charge in [0.2, 0.25) is 5.91 Å². The first-order chi connectivity index (χ1) is 14.6. The Labute approximate surface area is 189 Å². The molecule has 0 aliphatic carbocycles. The molecule has 166 valence electrons. The maximum absolute atomic E-state index is 12.5. The van der Waals surface area contributed by atoms with Crippen molar-refractivity contribution in [3.8, 4) is 0 Å². The molecule has 3 N–H and O–H groups in total. The monoisotopic (exact) mass is 441 g/mol. The van der Waals surface area contributed by atoms with E-state index >= 15 is 0 Å². The first-order valence-electron chi connectivity index (χ1n) is 10.3. The zero-order valence-corrected chi connectivity index (χ0v) is 19.3. The van der Waals surface area contributed by atoms with Gasteiger partial charge in [0.25, 0.3) is 0 Å². The highest BCUT2D eigenvalue weighted by molar-refractivity contribution is 7.80. The third-order valence-electron chi connectivity index (χ3n) is 4.35. The number of rotatable bonds is 8. The van der Waals surface area contributed by atoms with E-state index in [4.69, 9.17) is 17.0 Å². The van der Waals surface area contributed by atoms with Crippen LogP contribution >= 0.6 is 12.2 Å². The van der Waals surface area contributed by atoms with Crippen LogP contribution in [-0.2, 0) is 22.5 Å². The lowest BCUT2D eigenvalue weighted by atomic mass is 10.1. The van der Waals surface area contributed by atoms with Gasteiger partial charge in [-0.25, -0.2) is 4.79 Å². The van der Waals surface area contributed by atoms with Crippen molar-refractivity contribution in [2.24, 2.45) is 0 Å². The van der Waals surface area contributed by atoms with Crippen LogP contribution in [0, 0.1) is 0 Å². The van der Waals surface area contributed by atoms with Crippen LogP contribution in [0.1, 0.15) is 38.8 Å². The quantitative estimate of drug-likeness (QED) is 0.544. The van der Waals surface area contributed by atoms with Crippen molar-refractivity contribution in [3.63, 3.8) is 0 Å². The largest absolute Gasteiger partial charge is 0.444 e. The van der Waals surface area contributed by atoms with E-state index in [1.54, 1.807) is 27.7 Å². The molecule has 0 aromatic heterocycles. The molecule has 7 heteroatoms. The SMILES string of the molecule is C[C@H](NC(=S)[C@H](Cc1ccccc1)NC(=O)OC(C)(C)C)C(=O)NCc1ccccc1. The summed E-state index contributed by atoms with van der Waals surface area (Å²) >= 11 is 5.55. The summed E-state index contributed by atoms with van der Waals surface area (Å²) < 4.78 is 5.38. The molecule has 0 aliphatic rings. The van der Waals surface area contributed by atoms with Crippen molar-refractivity contribution in [2.75, 3.05) is 0 Å². The van der Waals surface area contributed by atoms with Crippen LogP contribution in [0.15, 0.2) is 60.7 Å². The van der Waals surface area contributed by atoms with Crippen LogP contribution in [0.4, 0.5) is 4.79 Å². The number of ether oxygens (including phenoxy) is 1. The highest BCUT2D eigenvalue weighted by Gasteiger charge is 2.24. The summed E-state index contributed by atoms with van der Waals surface area (Å²) in [6.07, 6.45) is -0.0802. The lowest BCUT2D eigenvalue weighted by Crippen LogP contribution is -2.53. The number of hydrogen-bond donors (Lipinski definition) is 3. The summed E-state index contributed by atoms with van der Waals surface area (Å²) in [4.78, 5) is 25.2. The van der Waals surface area contributed by atoms with Gasteiger partial charge < -0.3 is 20.7 Å². The molecular formula is C24H31N3O3S. The molecule has 0 saturated carbocycles. The summed E-state index contributed by atoms with van der Waals surface area (Å²) in [6, 6.07) is 18.3. The highest BCUT2D eigenvalue weighted by Crippen LogP contribution is 2.09. The van der Waals surface area contributed by atoms with Gasteiger partial charge in [-0.2, -0.15) is 0 Å². The molecular weight excluding hydrogens is 410 g/mol. The van der Waals surface area contributed by atoms with Gasteiger partial charge in [0.05, 0.1) is 11.0 Å². The Bertz CT molecular complexity index is 867. The molecule has 0 bridgehead atoms. The van der Waals surface area contributed by atoms with Crippen molar-refractivity contribution in [1.29, 1.82) is 0 Å². The van der Waals surface area contributed by atoms with Crippen LogP contribution in [0.5, 0.6) is 0 Å². The van der Waals surface area contributed by atoms with E-state index in [-0.39, 0.29) is 5.91 Å². The van der Waals surface area contributed by atoms with Crippen molar-refractivity contribution in [1.82, 2.24) is 16.0 Å². The predicted molar refractivity (Wildman–Crippen MR) is 127 cm³/mol. The third-order valence-corrected chi connectivity index (χ3v) is 4.75. The van der Waals surface area contributed by atoms with Crippen molar-refractivity contribution in [3.05, 3.63) is 71.8 Å². The maximum atomic E-state index is 12.5. The summed E-state index contributed by atoms with van der Waals surface area (Å²) in [5.41, 5.74) is 1.40. The van der Waals surface area contributed by atoms with E-state index in [0.717, 1.165) is 11.1 Å². The standard InChI is InChI=1S/C24H31N3O3S/c1-17(21(28)25-16-19-13-9-6-10-14-19)26-22(31)20(15-18-11-7-5-8-12-18)27-23(29)30-24(2,3)4/h5-14,17,20H,15-16H2,1-4H3,(H,25,28)(H,26,31)(H,27,29)/t17-,20-/m0/s1. The Balaban J connectivity index is 1.99. The average Bonchev–Trinajstić information content (AvgIpc) is 2.71. The Kier molecular flexibility index (Phi) is 9.00. The summed E-state index contributed by atoms with van der Waals surface area (Å²) in [6.45, 7) is 7.57. The molecule has 0 radical (unpaired) electrons. The van der Waals surface area contributed by atoms with Crippen LogP contribution in [-0.4, -0.2) is 34.7 Å². The van der Waals surface area contributed by atoms with Gasteiger partial charge >= 0.3 is 6.09 Å². The molecule has 2 aromatic rings. The third kappa shape index (κ3) is 9.17. The zero-order valence-electron chi connectivity index (χ0n) is 18.5. The highest BCUT2D eigenvalue weighted by atomic mass is 32.1. The molecule has 0 fully saturated rings. The summed E-state index contributed by atoms with van der Waals surface area (Å²) in [5.74, 6) is -0.179. The molecule has 31 heavy (non-hydrogen) atoms. The number of nitrogens with one attached hydrogen (secondary N) is 3. The van der Waals surface area contributed by atoms with Crippen molar-refractivity contribution in [2.45, 2.75) is 58.3 Å². The lowest BCUT2D eigenvalue weighted by molar-refractivity contribution is -0.122. The number of alkyl carbamates (subject to hydrolysis) is 1. The fraction of sp³-hybridized carbons (Fsp3) is 0.375. The van der Waals surface area contributed by atoms with E-state index in [0.29, 0.717) is 18.0 Å². The average molecular weight is 442 g/mol. The van der Waals surface area contributed by atoms with Gasteiger partial charge in [-0.15, -0.1) is 0 Å². The van der Waals surface area contributed by atoms with Gasteiger partial charge in [-0.1, -0.05) is 72.9 Å². The number of carbonyl (C=O) groups excluding carboxylic acids is 2. The molecule has 2 aromatic carbocycles. The van der Waals surface area contributed by atoms with E-state index in [1.807, 2.05) is 60.7 Å². The number of amides is 2.